The van der Waals surface area contributed by atoms with Gasteiger partial charge in [-0.15, -0.1) is 0 Å². The zero-order valence-electron chi connectivity index (χ0n) is 11.2. The van der Waals surface area contributed by atoms with Crippen molar-refractivity contribution in [2.75, 3.05) is 6.61 Å². The molecule has 1 atom stereocenters. The molecule has 2 N–H and O–H groups in total. The predicted octanol–water partition coefficient (Wildman–Crippen LogP) is 5.34. The molecule has 0 spiro atoms. The van der Waals surface area contributed by atoms with Crippen molar-refractivity contribution in [3.8, 4) is 5.75 Å². The van der Waals surface area contributed by atoms with Crippen LogP contribution in [0.3, 0.4) is 0 Å². The first kappa shape index (κ1) is 16.6. The fourth-order valence-electron chi connectivity index (χ4n) is 1.98. The number of nitrogens with two attached hydrogens (primary N) is 1. The van der Waals surface area contributed by atoms with Gasteiger partial charge in [-0.1, -0.05) is 35.3 Å². The summed E-state index contributed by atoms with van der Waals surface area (Å²) in [5, 5.41) is 0.775. The smallest absolute Gasteiger partial charge is 0.142 e. The Morgan fingerprint density at radius 1 is 1.24 bits per heavy atom. The summed E-state index contributed by atoms with van der Waals surface area (Å²) in [5.74, 6) is 0.0703. The lowest BCUT2D eigenvalue weighted by Gasteiger charge is -2.17. The monoisotopic (exact) mass is 391 g/mol. The van der Waals surface area contributed by atoms with Crippen LogP contribution in [0.2, 0.25) is 10.0 Å². The van der Waals surface area contributed by atoms with E-state index in [0.29, 0.717) is 38.0 Å². The Bertz CT molecular complexity index is 666. The average molecular weight is 393 g/mol. The van der Waals surface area contributed by atoms with E-state index in [1.807, 2.05) is 6.92 Å². The Labute approximate surface area is 141 Å². The van der Waals surface area contributed by atoms with E-state index in [1.165, 1.54) is 0 Å². The highest BCUT2D eigenvalue weighted by Crippen LogP contribution is 2.36. The lowest BCUT2D eigenvalue weighted by molar-refractivity contribution is 0.340. The fraction of sp³-hybridized carbons (Fsp3) is 0.200. The number of benzene rings is 2. The molecule has 0 aliphatic heterocycles. The van der Waals surface area contributed by atoms with Crippen LogP contribution in [0.15, 0.2) is 34.8 Å². The number of hydrogen-bond donors (Lipinski definition) is 1. The molecule has 0 bridgehead atoms. The van der Waals surface area contributed by atoms with Crippen LogP contribution in [0.25, 0.3) is 0 Å². The zero-order chi connectivity index (χ0) is 15.6. The summed E-state index contributed by atoms with van der Waals surface area (Å²) in [6, 6.07) is 7.43. The normalized spacial score (nSPS) is 12.3. The largest absolute Gasteiger partial charge is 0.492 e. The molecule has 21 heavy (non-hydrogen) atoms. The van der Waals surface area contributed by atoms with Crippen molar-refractivity contribution in [1.82, 2.24) is 0 Å². The maximum Gasteiger partial charge on any atom is 0.142 e. The van der Waals surface area contributed by atoms with Gasteiger partial charge in [0, 0.05) is 16.7 Å². The highest BCUT2D eigenvalue weighted by Gasteiger charge is 2.19. The molecule has 2 aromatic rings. The number of ether oxygens (including phenoxy) is 1. The first-order chi connectivity index (χ1) is 9.95. The van der Waals surface area contributed by atoms with Gasteiger partial charge in [-0.3, -0.25) is 0 Å². The standard InChI is InChI=1S/C15H13BrCl2FNO/c1-2-21-13-7-11(17)9(6-12(13)18)15(20)8-4-3-5-10(16)14(8)19/h3-7,15H,2,20H2,1H3. The Balaban J connectivity index is 2.46. The van der Waals surface area contributed by atoms with Crippen LogP contribution < -0.4 is 10.5 Å². The Kier molecular flexibility index (Phi) is 5.49. The summed E-state index contributed by atoms with van der Waals surface area (Å²) < 4.78 is 19.9. The third kappa shape index (κ3) is 3.51. The third-order valence-electron chi connectivity index (χ3n) is 3.00. The fourth-order valence-corrected chi connectivity index (χ4v) is 2.86. The molecule has 0 saturated heterocycles. The quantitative estimate of drug-likeness (QED) is 0.761. The van der Waals surface area contributed by atoms with Gasteiger partial charge in [0.1, 0.15) is 11.6 Å². The lowest BCUT2D eigenvalue weighted by Crippen LogP contribution is -2.14. The molecular formula is C15H13BrCl2FNO. The van der Waals surface area contributed by atoms with E-state index in [2.05, 4.69) is 15.9 Å². The molecule has 2 aromatic carbocycles. The van der Waals surface area contributed by atoms with E-state index in [9.17, 15) is 4.39 Å². The van der Waals surface area contributed by atoms with E-state index in [0.717, 1.165) is 0 Å². The first-order valence-electron chi connectivity index (χ1n) is 6.27. The van der Waals surface area contributed by atoms with Gasteiger partial charge in [0.2, 0.25) is 0 Å². The summed E-state index contributed by atoms with van der Waals surface area (Å²) in [6.45, 7) is 2.32. The molecule has 0 amide bonds. The Morgan fingerprint density at radius 2 is 1.95 bits per heavy atom. The number of hydrogen-bond acceptors (Lipinski definition) is 2. The van der Waals surface area contributed by atoms with Gasteiger partial charge in [-0.25, -0.2) is 4.39 Å². The van der Waals surface area contributed by atoms with Crippen molar-refractivity contribution in [1.29, 1.82) is 0 Å². The van der Waals surface area contributed by atoms with E-state index in [-0.39, 0.29) is 0 Å². The molecule has 0 saturated carbocycles. The second-order valence-electron chi connectivity index (χ2n) is 4.36. The topological polar surface area (TPSA) is 35.2 Å². The number of halogens is 4. The summed E-state index contributed by atoms with van der Waals surface area (Å²) >= 11 is 15.5. The van der Waals surface area contributed by atoms with Crippen molar-refractivity contribution in [2.24, 2.45) is 5.73 Å². The van der Waals surface area contributed by atoms with Crippen molar-refractivity contribution in [2.45, 2.75) is 13.0 Å². The van der Waals surface area contributed by atoms with Crippen molar-refractivity contribution in [3.63, 3.8) is 0 Å². The Hall–Kier alpha value is -0.810. The van der Waals surface area contributed by atoms with E-state index in [1.54, 1.807) is 30.3 Å². The molecule has 0 radical (unpaired) electrons. The van der Waals surface area contributed by atoms with Crippen LogP contribution in [-0.4, -0.2) is 6.61 Å². The van der Waals surface area contributed by atoms with Crippen LogP contribution in [0.4, 0.5) is 4.39 Å². The highest BCUT2D eigenvalue weighted by molar-refractivity contribution is 9.10. The average Bonchev–Trinajstić information content (AvgIpc) is 2.45. The molecule has 0 aliphatic carbocycles. The van der Waals surface area contributed by atoms with Gasteiger partial charge in [0.25, 0.3) is 0 Å². The molecule has 0 aromatic heterocycles. The first-order valence-corrected chi connectivity index (χ1v) is 7.81. The minimum absolute atomic E-state index is 0.339. The van der Waals surface area contributed by atoms with Crippen molar-refractivity contribution < 1.29 is 9.13 Å². The highest BCUT2D eigenvalue weighted by atomic mass is 79.9. The molecule has 1 unspecified atom stereocenters. The summed E-state index contributed by atoms with van der Waals surface area (Å²) in [6.07, 6.45) is 0. The maximum absolute atomic E-state index is 14.1. The summed E-state index contributed by atoms with van der Waals surface area (Å²) in [4.78, 5) is 0. The van der Waals surface area contributed by atoms with Gasteiger partial charge in [-0.05, 0) is 40.5 Å². The molecule has 2 nitrogen and oxygen atoms in total. The lowest BCUT2D eigenvalue weighted by atomic mass is 9.99. The van der Waals surface area contributed by atoms with Crippen molar-refractivity contribution >= 4 is 39.1 Å². The zero-order valence-corrected chi connectivity index (χ0v) is 14.3. The van der Waals surface area contributed by atoms with Crippen LogP contribution in [0.5, 0.6) is 5.75 Å². The van der Waals surface area contributed by atoms with Crippen LogP contribution >= 0.6 is 39.1 Å². The molecule has 112 valence electrons. The van der Waals surface area contributed by atoms with Gasteiger partial charge < -0.3 is 10.5 Å². The van der Waals surface area contributed by atoms with Gasteiger partial charge >= 0.3 is 0 Å². The Morgan fingerprint density at radius 3 is 2.62 bits per heavy atom. The molecule has 0 fully saturated rings. The summed E-state index contributed by atoms with van der Waals surface area (Å²) in [5.41, 5.74) is 7.02. The minimum atomic E-state index is -0.719. The van der Waals surface area contributed by atoms with E-state index in [4.69, 9.17) is 33.7 Å². The van der Waals surface area contributed by atoms with Gasteiger partial charge in [-0.2, -0.15) is 0 Å². The molecule has 0 heterocycles. The van der Waals surface area contributed by atoms with Gasteiger partial charge in [0.05, 0.1) is 22.1 Å². The van der Waals surface area contributed by atoms with Gasteiger partial charge in [0.15, 0.2) is 0 Å². The van der Waals surface area contributed by atoms with Crippen LogP contribution in [-0.2, 0) is 0 Å². The van der Waals surface area contributed by atoms with E-state index < -0.39 is 11.9 Å². The minimum Gasteiger partial charge on any atom is -0.492 e. The maximum atomic E-state index is 14.1. The number of rotatable bonds is 4. The van der Waals surface area contributed by atoms with E-state index >= 15 is 0 Å². The molecule has 6 heteroatoms. The predicted molar refractivity (Wildman–Crippen MR) is 87.8 cm³/mol. The molecule has 0 aliphatic rings. The van der Waals surface area contributed by atoms with Crippen LogP contribution in [0.1, 0.15) is 24.1 Å². The van der Waals surface area contributed by atoms with Crippen molar-refractivity contribution in [3.05, 3.63) is 61.8 Å². The van der Waals surface area contributed by atoms with Crippen LogP contribution in [0, 0.1) is 5.82 Å². The molecular weight excluding hydrogens is 380 g/mol. The second-order valence-corrected chi connectivity index (χ2v) is 6.03. The third-order valence-corrected chi connectivity index (χ3v) is 4.24. The summed E-state index contributed by atoms with van der Waals surface area (Å²) in [7, 11) is 0. The SMILES string of the molecule is CCOc1cc(Cl)c(C(N)c2cccc(Br)c2F)cc1Cl. The second kappa shape index (κ2) is 6.97. The molecule has 2 rings (SSSR count).